The smallest absolute Gasteiger partial charge is 0.274 e. The summed E-state index contributed by atoms with van der Waals surface area (Å²) in [5, 5.41) is 0. The van der Waals surface area contributed by atoms with Gasteiger partial charge < -0.3 is 14.7 Å². The Bertz CT molecular complexity index is 572. The van der Waals surface area contributed by atoms with Gasteiger partial charge in [-0.1, -0.05) is 0 Å². The zero-order valence-corrected chi connectivity index (χ0v) is 13.0. The van der Waals surface area contributed by atoms with Crippen LogP contribution in [0.4, 0.5) is 5.82 Å². The lowest BCUT2D eigenvalue weighted by atomic mass is 10.2. The maximum Gasteiger partial charge on any atom is 0.274 e. The summed E-state index contributed by atoms with van der Waals surface area (Å²) < 4.78 is 0. The minimum Gasteiger partial charge on any atom is -0.361 e. The summed E-state index contributed by atoms with van der Waals surface area (Å²) in [5.41, 5.74) is 0.360. The van der Waals surface area contributed by atoms with Crippen molar-refractivity contribution in [1.82, 2.24) is 19.8 Å². The lowest BCUT2D eigenvalue weighted by Crippen LogP contribution is -2.39. The second kappa shape index (κ2) is 5.90. The molecule has 2 fully saturated rings. The van der Waals surface area contributed by atoms with Gasteiger partial charge in [0.2, 0.25) is 5.91 Å². The normalized spacial score (nSPS) is 21.5. The van der Waals surface area contributed by atoms with Crippen molar-refractivity contribution in [3.63, 3.8) is 0 Å². The molecule has 0 radical (unpaired) electrons. The van der Waals surface area contributed by atoms with E-state index in [-0.39, 0.29) is 17.9 Å². The molecule has 0 aliphatic carbocycles. The van der Waals surface area contributed by atoms with Crippen LogP contribution in [0.5, 0.6) is 0 Å². The second-order valence-corrected chi connectivity index (χ2v) is 6.04. The van der Waals surface area contributed by atoms with Crippen LogP contribution < -0.4 is 4.90 Å². The van der Waals surface area contributed by atoms with Crippen molar-refractivity contribution in [2.75, 3.05) is 38.6 Å². The average molecular weight is 303 g/mol. The molecular weight excluding hydrogens is 282 g/mol. The van der Waals surface area contributed by atoms with Crippen LogP contribution in [0.25, 0.3) is 0 Å². The van der Waals surface area contributed by atoms with Gasteiger partial charge >= 0.3 is 0 Å². The van der Waals surface area contributed by atoms with Crippen LogP contribution in [0.15, 0.2) is 12.4 Å². The van der Waals surface area contributed by atoms with Gasteiger partial charge in [-0.15, -0.1) is 0 Å². The van der Waals surface area contributed by atoms with Crippen molar-refractivity contribution in [2.24, 2.45) is 0 Å². The molecule has 3 rings (SSSR count). The van der Waals surface area contributed by atoms with Crippen molar-refractivity contribution >= 4 is 17.6 Å². The molecule has 3 heterocycles. The average Bonchev–Trinajstić information content (AvgIpc) is 3.15. The largest absolute Gasteiger partial charge is 0.361 e. The number of likely N-dealkylation sites (tertiary alicyclic amines) is 2. The van der Waals surface area contributed by atoms with E-state index in [9.17, 15) is 9.59 Å². The zero-order chi connectivity index (χ0) is 15.7. The number of hydrogen-bond acceptors (Lipinski definition) is 5. The van der Waals surface area contributed by atoms with Crippen molar-refractivity contribution in [3.8, 4) is 0 Å². The van der Waals surface area contributed by atoms with Crippen LogP contribution in [0.2, 0.25) is 0 Å². The lowest BCUT2D eigenvalue weighted by Gasteiger charge is -2.24. The van der Waals surface area contributed by atoms with Crippen LogP contribution in [0.1, 0.15) is 29.8 Å². The third-order valence-electron chi connectivity index (χ3n) is 4.32. The van der Waals surface area contributed by atoms with Crippen LogP contribution in [0, 0.1) is 0 Å². The van der Waals surface area contributed by atoms with E-state index in [0.717, 1.165) is 25.2 Å². The fourth-order valence-electron chi connectivity index (χ4n) is 3.06. The van der Waals surface area contributed by atoms with Gasteiger partial charge in [0.1, 0.15) is 11.5 Å². The molecule has 0 saturated carbocycles. The first-order valence-electron chi connectivity index (χ1n) is 7.64. The van der Waals surface area contributed by atoms with Crippen LogP contribution in [0.3, 0.4) is 0 Å². The van der Waals surface area contributed by atoms with Gasteiger partial charge in [-0.25, -0.2) is 9.97 Å². The van der Waals surface area contributed by atoms with E-state index in [2.05, 4.69) is 9.97 Å². The molecule has 2 aliphatic rings. The molecule has 1 atom stereocenters. The second-order valence-electron chi connectivity index (χ2n) is 6.04. The molecule has 22 heavy (non-hydrogen) atoms. The summed E-state index contributed by atoms with van der Waals surface area (Å²) in [4.78, 5) is 38.3. The summed E-state index contributed by atoms with van der Waals surface area (Å²) in [7, 11) is 3.76. The van der Waals surface area contributed by atoms with Gasteiger partial charge in [0, 0.05) is 40.2 Å². The van der Waals surface area contributed by atoms with Gasteiger partial charge in [0.05, 0.1) is 18.4 Å². The highest BCUT2D eigenvalue weighted by molar-refractivity contribution is 5.92. The van der Waals surface area contributed by atoms with Gasteiger partial charge in [0.25, 0.3) is 5.91 Å². The van der Waals surface area contributed by atoms with Crippen molar-refractivity contribution < 1.29 is 9.59 Å². The molecule has 0 spiro atoms. The van der Waals surface area contributed by atoms with E-state index in [0.29, 0.717) is 25.2 Å². The predicted molar refractivity (Wildman–Crippen MR) is 81.6 cm³/mol. The number of hydrogen-bond donors (Lipinski definition) is 0. The first kappa shape index (κ1) is 14.7. The van der Waals surface area contributed by atoms with E-state index < -0.39 is 0 Å². The number of carbonyl (C=O) groups excluding carboxylic acids is 2. The van der Waals surface area contributed by atoms with E-state index in [1.54, 1.807) is 11.1 Å². The Balaban J connectivity index is 1.65. The molecule has 1 aromatic heterocycles. The molecule has 2 aliphatic heterocycles. The van der Waals surface area contributed by atoms with Gasteiger partial charge in [-0.2, -0.15) is 0 Å². The zero-order valence-electron chi connectivity index (χ0n) is 13.0. The number of aromatic nitrogens is 2. The Hall–Kier alpha value is -2.18. The van der Waals surface area contributed by atoms with E-state index in [1.165, 1.54) is 6.20 Å². The van der Waals surface area contributed by atoms with Crippen molar-refractivity contribution in [3.05, 3.63) is 18.1 Å². The summed E-state index contributed by atoms with van der Waals surface area (Å²) in [6, 6.07) is 0.160. The number of nitrogens with zero attached hydrogens (tertiary/aromatic N) is 5. The lowest BCUT2D eigenvalue weighted by molar-refractivity contribution is -0.129. The fraction of sp³-hybridized carbons (Fsp3) is 0.600. The molecule has 7 nitrogen and oxygen atoms in total. The number of amides is 2. The highest BCUT2D eigenvalue weighted by atomic mass is 16.2. The summed E-state index contributed by atoms with van der Waals surface area (Å²) >= 11 is 0. The Kier molecular flexibility index (Phi) is 3.96. The first-order chi connectivity index (χ1) is 10.6. The Morgan fingerprint density at radius 2 is 2.09 bits per heavy atom. The molecule has 7 heteroatoms. The molecule has 2 saturated heterocycles. The third kappa shape index (κ3) is 2.75. The van der Waals surface area contributed by atoms with Crippen LogP contribution in [-0.2, 0) is 4.79 Å². The van der Waals surface area contributed by atoms with Gasteiger partial charge in [0.15, 0.2) is 0 Å². The Morgan fingerprint density at radius 3 is 2.68 bits per heavy atom. The quantitative estimate of drug-likeness (QED) is 0.807. The number of anilines is 1. The van der Waals surface area contributed by atoms with Crippen LogP contribution in [-0.4, -0.2) is 71.4 Å². The maximum absolute atomic E-state index is 12.5. The monoisotopic (exact) mass is 303 g/mol. The highest BCUT2D eigenvalue weighted by Gasteiger charge is 2.35. The third-order valence-corrected chi connectivity index (χ3v) is 4.32. The fourth-order valence-corrected chi connectivity index (χ4v) is 3.06. The molecule has 0 aromatic carbocycles. The molecule has 0 N–H and O–H groups in total. The summed E-state index contributed by atoms with van der Waals surface area (Å²) in [6.45, 7) is 2.09. The SMILES string of the molecule is CN(C)c1cnc(C(=O)N2CCC(N3CCCC3=O)C2)cn1. The van der Waals surface area contributed by atoms with E-state index >= 15 is 0 Å². The predicted octanol–water partition coefficient (Wildman–Crippen LogP) is 0.380. The minimum absolute atomic E-state index is 0.105. The van der Waals surface area contributed by atoms with E-state index in [4.69, 9.17) is 0 Å². The Morgan fingerprint density at radius 1 is 1.27 bits per heavy atom. The Labute approximate surface area is 129 Å². The van der Waals surface area contributed by atoms with E-state index in [1.807, 2.05) is 23.9 Å². The molecule has 118 valence electrons. The standard InChI is InChI=1S/C15H21N5O2/c1-18(2)13-9-16-12(8-17-13)15(22)19-7-5-11(10-19)20-6-3-4-14(20)21/h8-9,11H,3-7,10H2,1-2H3. The molecule has 0 bridgehead atoms. The molecule has 2 amide bonds. The summed E-state index contributed by atoms with van der Waals surface area (Å²) in [5.74, 6) is 0.833. The topological polar surface area (TPSA) is 69.6 Å². The van der Waals surface area contributed by atoms with Crippen LogP contribution >= 0.6 is 0 Å². The van der Waals surface area contributed by atoms with Crippen molar-refractivity contribution in [1.29, 1.82) is 0 Å². The molecule has 1 aromatic rings. The van der Waals surface area contributed by atoms with Gasteiger partial charge in [-0.3, -0.25) is 9.59 Å². The highest BCUT2D eigenvalue weighted by Crippen LogP contribution is 2.22. The number of rotatable bonds is 3. The molecule has 1 unspecified atom stereocenters. The first-order valence-corrected chi connectivity index (χ1v) is 7.64. The summed E-state index contributed by atoms with van der Waals surface area (Å²) in [6.07, 6.45) is 5.54. The molecular formula is C15H21N5O2. The minimum atomic E-state index is -0.105. The maximum atomic E-state index is 12.5. The van der Waals surface area contributed by atoms with Gasteiger partial charge in [-0.05, 0) is 12.8 Å². The van der Waals surface area contributed by atoms with Crippen molar-refractivity contribution in [2.45, 2.75) is 25.3 Å². The number of carbonyl (C=O) groups is 2.